The number of hydrogen-bond donors (Lipinski definition) is 1. The molecule has 3 aromatic rings. The molecule has 2 heterocycles. The molecule has 1 saturated heterocycles. The van der Waals surface area contributed by atoms with Gasteiger partial charge >= 0.3 is 12.1 Å². The van der Waals surface area contributed by atoms with Gasteiger partial charge in [0.05, 0.1) is 32.4 Å². The molecular formula is C22H20N4O6. The summed E-state index contributed by atoms with van der Waals surface area (Å²) in [6, 6.07) is 15.9. The number of ether oxygens (including phenoxy) is 4. The van der Waals surface area contributed by atoms with E-state index in [1.54, 1.807) is 18.2 Å². The minimum atomic E-state index is -0.626. The number of carbonyl (C=O) groups is 2. The fourth-order valence-electron chi connectivity index (χ4n) is 3.12. The minimum absolute atomic E-state index is 0.0685. The van der Waals surface area contributed by atoms with Crippen LogP contribution < -0.4 is 19.6 Å². The molecule has 1 aromatic heterocycles. The normalized spacial score (nSPS) is 12.8. The molecule has 0 radical (unpaired) electrons. The van der Waals surface area contributed by atoms with Gasteiger partial charge in [-0.2, -0.15) is 9.97 Å². The van der Waals surface area contributed by atoms with Crippen molar-refractivity contribution < 1.29 is 28.5 Å². The van der Waals surface area contributed by atoms with Crippen LogP contribution in [0.1, 0.15) is 10.4 Å². The Kier molecular flexibility index (Phi) is 6.02. The van der Waals surface area contributed by atoms with Crippen LogP contribution in [-0.2, 0) is 4.74 Å². The fraction of sp³-hybridized carbons (Fsp3) is 0.182. The molecule has 0 aliphatic carbocycles. The third kappa shape index (κ3) is 4.38. The standard InChI is InChI=1S/C22H20N4O6/c1-29-17-13-18(30-2)24-21(23-17)32-16-10-6-9-15(14-7-4-3-5-8-14)19(16)20(27)25-26-11-12-31-22(26)28/h3-10,13H,11-12H2,1-2H3,(H,25,27). The van der Waals surface area contributed by atoms with Crippen molar-refractivity contribution in [2.24, 2.45) is 0 Å². The maximum atomic E-state index is 13.3. The molecule has 2 amide bonds. The van der Waals surface area contributed by atoms with Gasteiger partial charge in [-0.05, 0) is 17.2 Å². The molecule has 32 heavy (non-hydrogen) atoms. The molecule has 1 N–H and O–H groups in total. The van der Waals surface area contributed by atoms with E-state index in [1.807, 2.05) is 30.3 Å². The molecule has 0 saturated carbocycles. The highest BCUT2D eigenvalue weighted by atomic mass is 16.6. The lowest BCUT2D eigenvalue weighted by Gasteiger charge is -2.18. The molecule has 0 unspecified atom stereocenters. The van der Waals surface area contributed by atoms with E-state index in [4.69, 9.17) is 18.9 Å². The topological polar surface area (TPSA) is 112 Å². The number of aromatic nitrogens is 2. The summed E-state index contributed by atoms with van der Waals surface area (Å²) >= 11 is 0. The van der Waals surface area contributed by atoms with E-state index in [0.29, 0.717) is 5.56 Å². The van der Waals surface area contributed by atoms with E-state index in [2.05, 4.69) is 15.4 Å². The smallest absolute Gasteiger partial charge is 0.428 e. The summed E-state index contributed by atoms with van der Waals surface area (Å²) in [4.78, 5) is 33.4. The Hall–Kier alpha value is -4.34. The maximum absolute atomic E-state index is 13.3. The third-order valence-corrected chi connectivity index (χ3v) is 4.61. The maximum Gasteiger partial charge on any atom is 0.428 e. The Morgan fingerprint density at radius 3 is 2.38 bits per heavy atom. The van der Waals surface area contributed by atoms with Gasteiger partial charge in [-0.1, -0.05) is 42.5 Å². The van der Waals surface area contributed by atoms with E-state index < -0.39 is 12.0 Å². The molecule has 0 spiro atoms. The first-order valence-corrected chi connectivity index (χ1v) is 9.67. The Bertz CT molecular complexity index is 1120. The number of nitrogens with one attached hydrogen (secondary N) is 1. The van der Waals surface area contributed by atoms with Crippen molar-refractivity contribution >= 4 is 12.0 Å². The van der Waals surface area contributed by atoms with E-state index in [1.165, 1.54) is 20.3 Å². The number of hydrogen-bond acceptors (Lipinski definition) is 8. The fourth-order valence-corrected chi connectivity index (χ4v) is 3.12. The average molecular weight is 436 g/mol. The van der Waals surface area contributed by atoms with E-state index in [9.17, 15) is 9.59 Å². The summed E-state index contributed by atoms with van der Waals surface area (Å²) in [5.41, 5.74) is 4.16. The van der Waals surface area contributed by atoms with Crippen LogP contribution in [0, 0.1) is 0 Å². The monoisotopic (exact) mass is 436 g/mol. The second kappa shape index (κ2) is 9.21. The number of rotatable bonds is 7. The Morgan fingerprint density at radius 1 is 1.03 bits per heavy atom. The van der Waals surface area contributed by atoms with Crippen LogP contribution in [0.5, 0.6) is 23.5 Å². The highest BCUT2D eigenvalue weighted by molar-refractivity contribution is 6.04. The summed E-state index contributed by atoms with van der Waals surface area (Å²) in [7, 11) is 2.91. The quantitative estimate of drug-likeness (QED) is 0.601. The second-order valence-corrected chi connectivity index (χ2v) is 6.59. The zero-order chi connectivity index (χ0) is 22.5. The number of benzene rings is 2. The molecule has 0 bridgehead atoms. The summed E-state index contributed by atoms with van der Waals surface area (Å²) in [6.45, 7) is 0.435. The lowest BCUT2D eigenvalue weighted by molar-refractivity contribution is 0.0830. The molecule has 1 aliphatic rings. The molecule has 10 nitrogen and oxygen atoms in total. The molecule has 0 atom stereocenters. The predicted molar refractivity (Wildman–Crippen MR) is 113 cm³/mol. The molecule has 1 fully saturated rings. The zero-order valence-corrected chi connectivity index (χ0v) is 17.4. The number of amides is 2. The highest BCUT2D eigenvalue weighted by Crippen LogP contribution is 2.33. The largest absolute Gasteiger partial charge is 0.481 e. The summed E-state index contributed by atoms with van der Waals surface area (Å²) < 4.78 is 21.1. The zero-order valence-electron chi connectivity index (χ0n) is 17.4. The van der Waals surface area contributed by atoms with Crippen molar-refractivity contribution in [1.29, 1.82) is 0 Å². The van der Waals surface area contributed by atoms with E-state index in [0.717, 1.165) is 10.6 Å². The van der Waals surface area contributed by atoms with Crippen molar-refractivity contribution in [2.75, 3.05) is 27.4 Å². The minimum Gasteiger partial charge on any atom is -0.481 e. The Morgan fingerprint density at radius 2 is 1.75 bits per heavy atom. The first-order chi connectivity index (χ1) is 15.6. The van der Waals surface area contributed by atoms with Gasteiger partial charge < -0.3 is 18.9 Å². The molecule has 2 aromatic carbocycles. The van der Waals surface area contributed by atoms with Gasteiger partial charge in [-0.15, -0.1) is 0 Å². The van der Waals surface area contributed by atoms with Crippen LogP contribution in [0.4, 0.5) is 4.79 Å². The third-order valence-electron chi connectivity index (χ3n) is 4.61. The summed E-state index contributed by atoms with van der Waals surface area (Å²) in [5, 5.41) is 1.11. The van der Waals surface area contributed by atoms with Crippen molar-refractivity contribution in [3.8, 4) is 34.6 Å². The molecule has 4 rings (SSSR count). The van der Waals surface area contributed by atoms with Gasteiger partial charge in [0.1, 0.15) is 12.4 Å². The summed E-state index contributed by atoms with van der Waals surface area (Å²) in [5.74, 6) is 0.105. The van der Waals surface area contributed by atoms with Gasteiger partial charge in [0.15, 0.2) is 0 Å². The Labute approximate surface area is 183 Å². The highest BCUT2D eigenvalue weighted by Gasteiger charge is 2.27. The lowest BCUT2D eigenvalue weighted by Crippen LogP contribution is -2.43. The first kappa shape index (κ1) is 20.9. The first-order valence-electron chi connectivity index (χ1n) is 9.67. The Balaban J connectivity index is 1.76. The van der Waals surface area contributed by atoms with Crippen LogP contribution in [0.25, 0.3) is 11.1 Å². The predicted octanol–water partition coefficient (Wildman–Crippen LogP) is 3.05. The molecule has 10 heteroatoms. The van der Waals surface area contributed by atoms with Crippen LogP contribution in [0.2, 0.25) is 0 Å². The number of nitrogens with zero attached hydrogens (tertiary/aromatic N) is 3. The molecule has 164 valence electrons. The van der Waals surface area contributed by atoms with Crippen LogP contribution in [-0.4, -0.2) is 54.3 Å². The molecular weight excluding hydrogens is 416 g/mol. The molecule has 1 aliphatic heterocycles. The SMILES string of the molecule is COc1cc(OC)nc(Oc2cccc(-c3ccccc3)c2C(=O)NN2CCOC2=O)n1. The van der Waals surface area contributed by atoms with Crippen LogP contribution >= 0.6 is 0 Å². The lowest BCUT2D eigenvalue weighted by atomic mass is 9.98. The number of cyclic esters (lactones) is 1. The van der Waals surface area contributed by atoms with Gasteiger partial charge in [0.2, 0.25) is 11.8 Å². The van der Waals surface area contributed by atoms with Crippen molar-refractivity contribution in [2.45, 2.75) is 0 Å². The van der Waals surface area contributed by atoms with Crippen LogP contribution in [0.15, 0.2) is 54.6 Å². The van der Waals surface area contributed by atoms with Crippen molar-refractivity contribution in [3.63, 3.8) is 0 Å². The number of methoxy groups -OCH3 is 2. The van der Waals surface area contributed by atoms with Gasteiger partial charge in [-0.25, -0.2) is 9.80 Å². The number of carbonyl (C=O) groups excluding carboxylic acids is 2. The number of hydrazine groups is 1. The van der Waals surface area contributed by atoms with Gasteiger partial charge in [0, 0.05) is 0 Å². The van der Waals surface area contributed by atoms with Crippen molar-refractivity contribution in [1.82, 2.24) is 20.4 Å². The summed E-state index contributed by atoms with van der Waals surface area (Å²) in [6.07, 6.45) is -0.626. The van der Waals surface area contributed by atoms with Gasteiger partial charge in [-0.3, -0.25) is 10.2 Å². The van der Waals surface area contributed by atoms with E-state index in [-0.39, 0.29) is 42.2 Å². The van der Waals surface area contributed by atoms with Crippen molar-refractivity contribution in [3.05, 3.63) is 60.2 Å². The average Bonchev–Trinajstić information content (AvgIpc) is 3.23. The van der Waals surface area contributed by atoms with E-state index >= 15 is 0 Å². The van der Waals surface area contributed by atoms with Gasteiger partial charge in [0.25, 0.3) is 5.91 Å². The second-order valence-electron chi connectivity index (χ2n) is 6.59. The van der Waals surface area contributed by atoms with Crippen LogP contribution in [0.3, 0.4) is 0 Å².